The van der Waals surface area contributed by atoms with E-state index in [-0.39, 0.29) is 25.5 Å². The number of carbonyl (C=O) groups is 3. The fourth-order valence-corrected chi connectivity index (χ4v) is 3.57. The Balaban J connectivity index is 2.27. The molecule has 0 aromatic rings. The van der Waals surface area contributed by atoms with Crippen molar-refractivity contribution in [3.63, 3.8) is 0 Å². The Bertz CT molecular complexity index is 473. The van der Waals surface area contributed by atoms with E-state index in [1.54, 1.807) is 13.8 Å². The van der Waals surface area contributed by atoms with Crippen LogP contribution in [0.4, 0.5) is 0 Å². The summed E-state index contributed by atoms with van der Waals surface area (Å²) < 4.78 is 9.99. The lowest BCUT2D eigenvalue weighted by molar-refractivity contribution is -0.152. The molecule has 110 valence electrons. The van der Waals surface area contributed by atoms with Gasteiger partial charge in [-0.3, -0.25) is 9.69 Å². The van der Waals surface area contributed by atoms with Crippen LogP contribution in [-0.4, -0.2) is 47.8 Å². The normalized spacial score (nSPS) is 21.8. The van der Waals surface area contributed by atoms with E-state index in [9.17, 15) is 14.4 Å². The van der Waals surface area contributed by atoms with Gasteiger partial charge in [-0.15, -0.1) is 11.8 Å². The van der Waals surface area contributed by atoms with Crippen LogP contribution >= 0.6 is 11.8 Å². The van der Waals surface area contributed by atoms with Crippen molar-refractivity contribution in [1.82, 2.24) is 4.90 Å². The van der Waals surface area contributed by atoms with Crippen molar-refractivity contribution < 1.29 is 23.9 Å². The molecule has 0 aromatic carbocycles. The largest absolute Gasteiger partial charge is 0.464 e. The van der Waals surface area contributed by atoms with Crippen LogP contribution in [0.25, 0.3) is 0 Å². The second-order valence-corrected chi connectivity index (χ2v) is 5.36. The van der Waals surface area contributed by atoms with Crippen LogP contribution in [-0.2, 0) is 23.9 Å². The van der Waals surface area contributed by atoms with Crippen molar-refractivity contribution in [2.24, 2.45) is 0 Å². The fraction of sp³-hybridized carbons (Fsp3) is 0.615. The Hall–Kier alpha value is -1.50. The van der Waals surface area contributed by atoms with Gasteiger partial charge >= 0.3 is 11.9 Å². The van der Waals surface area contributed by atoms with Crippen LogP contribution in [0.5, 0.6) is 0 Å². The van der Waals surface area contributed by atoms with E-state index in [1.807, 2.05) is 0 Å². The number of ether oxygens (including phenoxy) is 2. The van der Waals surface area contributed by atoms with Crippen molar-refractivity contribution in [3.05, 3.63) is 10.6 Å². The van der Waals surface area contributed by atoms with E-state index in [0.29, 0.717) is 22.8 Å². The van der Waals surface area contributed by atoms with Crippen molar-refractivity contribution in [2.75, 3.05) is 19.0 Å². The predicted molar refractivity (Wildman–Crippen MR) is 72.6 cm³/mol. The van der Waals surface area contributed by atoms with Crippen LogP contribution in [0.2, 0.25) is 0 Å². The van der Waals surface area contributed by atoms with Crippen molar-refractivity contribution >= 4 is 29.6 Å². The van der Waals surface area contributed by atoms with E-state index in [1.165, 1.54) is 16.7 Å². The van der Waals surface area contributed by atoms with Gasteiger partial charge in [-0.25, -0.2) is 9.59 Å². The highest BCUT2D eigenvalue weighted by Gasteiger charge is 2.44. The van der Waals surface area contributed by atoms with E-state index < -0.39 is 18.0 Å². The highest BCUT2D eigenvalue weighted by Crippen LogP contribution is 2.40. The number of rotatable bonds is 4. The van der Waals surface area contributed by atoms with Gasteiger partial charge in [0.1, 0.15) is 6.04 Å². The average Bonchev–Trinajstić information content (AvgIpc) is 2.85. The Kier molecular flexibility index (Phi) is 4.69. The molecule has 0 saturated carbocycles. The maximum Gasteiger partial charge on any atom is 0.336 e. The van der Waals surface area contributed by atoms with Crippen molar-refractivity contribution in [3.8, 4) is 0 Å². The van der Waals surface area contributed by atoms with Gasteiger partial charge in [0.15, 0.2) is 0 Å². The third-order valence-electron chi connectivity index (χ3n) is 3.10. The smallest absolute Gasteiger partial charge is 0.336 e. The first-order valence-electron chi connectivity index (χ1n) is 6.61. The van der Waals surface area contributed by atoms with E-state index in [2.05, 4.69) is 0 Å². The zero-order chi connectivity index (χ0) is 14.7. The number of hydrogen-bond donors (Lipinski definition) is 0. The molecule has 0 radical (unpaired) electrons. The molecule has 1 atom stereocenters. The zero-order valence-electron chi connectivity index (χ0n) is 11.5. The molecular weight excluding hydrogens is 282 g/mol. The number of carbonyl (C=O) groups excluding carboxylic acids is 3. The molecule has 0 aliphatic carbocycles. The minimum Gasteiger partial charge on any atom is -0.464 e. The SMILES string of the molecule is CCOC(=O)C1=C2SC[C@@H](C(=O)OCC)N2C(=O)CC1. The molecule has 0 bridgehead atoms. The molecule has 2 rings (SSSR count). The van der Waals surface area contributed by atoms with E-state index >= 15 is 0 Å². The Labute approximate surface area is 121 Å². The number of fused-ring (bicyclic) bond motifs is 1. The summed E-state index contributed by atoms with van der Waals surface area (Å²) in [5, 5.41) is 0.553. The number of hydrogen-bond acceptors (Lipinski definition) is 6. The molecule has 1 saturated heterocycles. The lowest BCUT2D eigenvalue weighted by Gasteiger charge is -2.28. The van der Waals surface area contributed by atoms with E-state index in [4.69, 9.17) is 9.47 Å². The Morgan fingerprint density at radius 2 is 1.95 bits per heavy atom. The van der Waals surface area contributed by atoms with Gasteiger partial charge in [-0.2, -0.15) is 0 Å². The molecule has 0 N–H and O–H groups in total. The maximum absolute atomic E-state index is 12.0. The lowest BCUT2D eigenvalue weighted by Crippen LogP contribution is -2.44. The summed E-state index contributed by atoms with van der Waals surface area (Å²) in [6, 6.07) is -0.632. The quantitative estimate of drug-likeness (QED) is 0.723. The molecule has 0 aromatic heterocycles. The highest BCUT2D eigenvalue weighted by atomic mass is 32.2. The molecule has 1 fully saturated rings. The first-order valence-corrected chi connectivity index (χ1v) is 7.60. The summed E-state index contributed by atoms with van der Waals surface area (Å²) >= 11 is 1.34. The molecule has 0 unspecified atom stereocenters. The minimum absolute atomic E-state index is 0.142. The molecular formula is C13H17NO5S. The molecule has 2 aliphatic rings. The summed E-state index contributed by atoms with van der Waals surface area (Å²) in [6.45, 7) is 4.01. The lowest BCUT2D eigenvalue weighted by atomic mass is 10.1. The Morgan fingerprint density at radius 1 is 1.25 bits per heavy atom. The van der Waals surface area contributed by atoms with Gasteiger partial charge in [0, 0.05) is 12.2 Å². The van der Waals surface area contributed by atoms with Gasteiger partial charge in [0.2, 0.25) is 5.91 Å². The van der Waals surface area contributed by atoms with Crippen molar-refractivity contribution in [1.29, 1.82) is 0 Å². The molecule has 2 aliphatic heterocycles. The van der Waals surface area contributed by atoms with Crippen molar-refractivity contribution in [2.45, 2.75) is 32.7 Å². The minimum atomic E-state index is -0.632. The standard InChI is InChI=1S/C13H17NO5S/c1-3-18-12(16)8-5-6-10(15)14-9(7-20-11(8)14)13(17)19-4-2/h9H,3-7H2,1-2H3/t9-/m0/s1. The number of nitrogens with zero attached hydrogens (tertiary/aromatic N) is 1. The van der Waals surface area contributed by atoms with Crippen LogP contribution in [0.15, 0.2) is 10.6 Å². The molecule has 1 amide bonds. The summed E-state index contributed by atoms with van der Waals surface area (Å²) in [5.74, 6) is -0.551. The number of thioether (sulfide) groups is 1. The Morgan fingerprint density at radius 3 is 2.60 bits per heavy atom. The topological polar surface area (TPSA) is 72.9 Å². The molecule has 20 heavy (non-hydrogen) atoms. The van der Waals surface area contributed by atoms with Gasteiger partial charge in [0.05, 0.1) is 23.8 Å². The molecule has 0 spiro atoms. The van der Waals surface area contributed by atoms with Crippen LogP contribution in [0.1, 0.15) is 26.7 Å². The predicted octanol–water partition coefficient (Wildman–Crippen LogP) is 1.06. The van der Waals surface area contributed by atoms with Gasteiger partial charge in [-0.05, 0) is 20.3 Å². The third-order valence-corrected chi connectivity index (χ3v) is 4.30. The summed E-state index contributed by atoms with van der Waals surface area (Å²) in [6.07, 6.45) is 0.583. The average molecular weight is 299 g/mol. The van der Waals surface area contributed by atoms with Gasteiger partial charge < -0.3 is 9.47 Å². The first-order chi connectivity index (χ1) is 9.60. The van der Waals surface area contributed by atoms with Crippen LogP contribution < -0.4 is 0 Å². The highest BCUT2D eigenvalue weighted by molar-refractivity contribution is 8.03. The monoisotopic (exact) mass is 299 g/mol. The van der Waals surface area contributed by atoms with Crippen LogP contribution in [0, 0.1) is 0 Å². The first kappa shape index (κ1) is 14.9. The molecule has 2 heterocycles. The summed E-state index contributed by atoms with van der Waals surface area (Å²) in [5.41, 5.74) is 0.489. The second kappa shape index (κ2) is 6.30. The molecule has 7 heteroatoms. The van der Waals surface area contributed by atoms with Crippen LogP contribution in [0.3, 0.4) is 0 Å². The maximum atomic E-state index is 12.0. The zero-order valence-corrected chi connectivity index (χ0v) is 12.3. The summed E-state index contributed by atoms with van der Waals surface area (Å²) in [7, 11) is 0. The fourth-order valence-electron chi connectivity index (χ4n) is 2.24. The van der Waals surface area contributed by atoms with Gasteiger partial charge in [0.25, 0.3) is 0 Å². The second-order valence-electron chi connectivity index (χ2n) is 4.35. The van der Waals surface area contributed by atoms with E-state index in [0.717, 1.165) is 0 Å². The molecule has 6 nitrogen and oxygen atoms in total. The number of amides is 1. The number of esters is 2. The van der Waals surface area contributed by atoms with Gasteiger partial charge in [-0.1, -0.05) is 0 Å². The third kappa shape index (κ3) is 2.67. The summed E-state index contributed by atoms with van der Waals surface area (Å²) in [4.78, 5) is 37.2.